The Morgan fingerprint density at radius 3 is 2.12 bits per heavy atom. The molecule has 0 aromatic heterocycles. The van der Waals surface area contributed by atoms with Crippen molar-refractivity contribution in [2.24, 2.45) is 17.6 Å². The van der Waals surface area contributed by atoms with Gasteiger partial charge in [0.1, 0.15) is 18.1 Å². The van der Waals surface area contributed by atoms with E-state index in [4.69, 9.17) is 5.73 Å². The van der Waals surface area contributed by atoms with Crippen molar-refractivity contribution in [1.29, 1.82) is 0 Å². The summed E-state index contributed by atoms with van der Waals surface area (Å²) in [6.07, 6.45) is 1.60. The molecule has 7 N–H and O–H groups in total. The Morgan fingerprint density at radius 1 is 1.00 bits per heavy atom. The van der Waals surface area contributed by atoms with E-state index in [0.717, 1.165) is 13.0 Å². The fourth-order valence-electron chi connectivity index (χ4n) is 3.48. The lowest BCUT2D eigenvalue weighted by atomic mass is 9.99. The van der Waals surface area contributed by atoms with E-state index < -0.39 is 41.8 Å². The van der Waals surface area contributed by atoms with Crippen LogP contribution < -0.4 is 27.0 Å². The van der Waals surface area contributed by atoms with Crippen LogP contribution >= 0.6 is 0 Å². The van der Waals surface area contributed by atoms with Crippen molar-refractivity contribution in [2.45, 2.75) is 84.0 Å². The van der Waals surface area contributed by atoms with Gasteiger partial charge in [0.2, 0.25) is 23.6 Å². The molecule has 0 spiro atoms. The first-order valence-corrected chi connectivity index (χ1v) is 11.1. The van der Waals surface area contributed by atoms with Gasteiger partial charge in [0.05, 0.1) is 6.04 Å². The fraction of sp³-hybridized carbons (Fsp3) is 0.762. The van der Waals surface area contributed by atoms with Gasteiger partial charge in [0.15, 0.2) is 0 Å². The zero-order valence-corrected chi connectivity index (χ0v) is 19.3. The van der Waals surface area contributed by atoms with Gasteiger partial charge in [0, 0.05) is 6.42 Å². The van der Waals surface area contributed by atoms with E-state index in [1.54, 1.807) is 13.8 Å². The molecule has 0 saturated carbocycles. The number of nitrogens with two attached hydrogens (primary N) is 1. The van der Waals surface area contributed by atoms with Gasteiger partial charge in [-0.2, -0.15) is 0 Å². The highest BCUT2D eigenvalue weighted by Crippen LogP contribution is 2.11. The van der Waals surface area contributed by atoms with E-state index in [1.165, 1.54) is 0 Å². The van der Waals surface area contributed by atoms with Crippen molar-refractivity contribution in [3.05, 3.63) is 0 Å². The molecule has 1 heterocycles. The van der Waals surface area contributed by atoms with Crippen LogP contribution in [0.5, 0.6) is 0 Å². The van der Waals surface area contributed by atoms with Gasteiger partial charge in [0.25, 0.3) is 0 Å². The molecule has 4 unspecified atom stereocenters. The Balaban J connectivity index is 2.87. The second kappa shape index (κ2) is 13.0. The van der Waals surface area contributed by atoms with Crippen LogP contribution in [0.1, 0.15) is 59.8 Å². The molecule has 0 aromatic rings. The van der Waals surface area contributed by atoms with Gasteiger partial charge in [-0.05, 0) is 44.1 Å². The van der Waals surface area contributed by atoms with E-state index in [-0.39, 0.29) is 36.6 Å². The van der Waals surface area contributed by atoms with Crippen molar-refractivity contribution in [3.63, 3.8) is 0 Å². The molecule has 182 valence electrons. The summed E-state index contributed by atoms with van der Waals surface area (Å²) in [6, 6.07) is -3.51. The third-order valence-electron chi connectivity index (χ3n) is 5.26. The Hall–Kier alpha value is -2.69. The Bertz CT molecular complexity index is 690. The number of hydrogen-bond donors (Lipinski definition) is 6. The largest absolute Gasteiger partial charge is 0.480 e. The molecule has 1 fully saturated rings. The molecule has 0 aromatic carbocycles. The van der Waals surface area contributed by atoms with Crippen LogP contribution in [0.25, 0.3) is 0 Å². The molecule has 4 amide bonds. The smallest absolute Gasteiger partial charge is 0.326 e. The van der Waals surface area contributed by atoms with Crippen molar-refractivity contribution >= 4 is 29.6 Å². The summed E-state index contributed by atoms with van der Waals surface area (Å²) < 4.78 is 0. The van der Waals surface area contributed by atoms with Gasteiger partial charge in [-0.25, -0.2) is 4.79 Å². The summed E-state index contributed by atoms with van der Waals surface area (Å²) in [6.45, 7) is 8.01. The summed E-state index contributed by atoms with van der Waals surface area (Å²) in [5.41, 5.74) is 5.06. The van der Waals surface area contributed by atoms with E-state index in [1.807, 2.05) is 13.8 Å². The quantitative estimate of drug-likeness (QED) is 0.211. The SMILES string of the molecule is CC(C)CC(NC(=O)C1CCCN1)C(=O)NC(C(=O)NC(CCC(N)=O)C(=O)O)C(C)C. The van der Waals surface area contributed by atoms with E-state index in [9.17, 15) is 29.1 Å². The Labute approximate surface area is 188 Å². The number of carboxylic acids is 1. The lowest BCUT2D eigenvalue weighted by Gasteiger charge is -2.27. The number of carboxylic acid groups (broad SMARTS) is 1. The molecule has 1 saturated heterocycles. The monoisotopic (exact) mass is 455 g/mol. The van der Waals surface area contributed by atoms with Gasteiger partial charge in [-0.3, -0.25) is 19.2 Å². The predicted octanol–water partition coefficient (Wildman–Crippen LogP) is -0.755. The van der Waals surface area contributed by atoms with Gasteiger partial charge in [-0.1, -0.05) is 27.7 Å². The molecule has 11 heteroatoms. The second-order valence-electron chi connectivity index (χ2n) is 8.97. The van der Waals surface area contributed by atoms with Crippen LogP contribution in [0.15, 0.2) is 0 Å². The molecule has 4 atom stereocenters. The number of primary amides is 1. The van der Waals surface area contributed by atoms with E-state index in [0.29, 0.717) is 12.8 Å². The molecule has 1 aliphatic rings. The minimum atomic E-state index is -1.31. The average molecular weight is 456 g/mol. The highest BCUT2D eigenvalue weighted by molar-refractivity contribution is 5.94. The maximum atomic E-state index is 13.0. The van der Waals surface area contributed by atoms with E-state index >= 15 is 0 Å². The van der Waals surface area contributed by atoms with Gasteiger partial charge >= 0.3 is 5.97 Å². The van der Waals surface area contributed by atoms with Crippen molar-refractivity contribution in [3.8, 4) is 0 Å². The van der Waals surface area contributed by atoms with Crippen LogP contribution in [0.2, 0.25) is 0 Å². The summed E-state index contributed by atoms with van der Waals surface area (Å²) in [4.78, 5) is 60.6. The lowest BCUT2D eigenvalue weighted by molar-refractivity contribution is -0.143. The number of nitrogens with one attached hydrogen (secondary N) is 4. The molecular weight excluding hydrogens is 418 g/mol. The normalized spacial score (nSPS) is 18.6. The number of aliphatic carboxylic acids is 1. The topological polar surface area (TPSA) is 180 Å². The Morgan fingerprint density at radius 2 is 1.66 bits per heavy atom. The molecule has 1 rings (SSSR count). The Kier molecular flexibility index (Phi) is 11.1. The summed E-state index contributed by atoms with van der Waals surface area (Å²) >= 11 is 0. The molecule has 0 aliphatic carbocycles. The van der Waals surface area contributed by atoms with Crippen molar-refractivity contribution in [2.75, 3.05) is 6.54 Å². The highest BCUT2D eigenvalue weighted by Gasteiger charge is 2.33. The predicted molar refractivity (Wildman–Crippen MR) is 117 cm³/mol. The van der Waals surface area contributed by atoms with E-state index in [2.05, 4.69) is 21.3 Å². The third-order valence-corrected chi connectivity index (χ3v) is 5.26. The van der Waals surface area contributed by atoms with Crippen LogP contribution in [-0.4, -0.2) is 65.4 Å². The highest BCUT2D eigenvalue weighted by atomic mass is 16.4. The summed E-state index contributed by atoms with van der Waals surface area (Å²) in [5.74, 6) is -3.67. The molecule has 0 bridgehead atoms. The standard InChI is InChI=1S/C21H37N5O6/c1-11(2)10-15(25-18(28)13-6-5-9-23-13)19(29)26-17(12(3)4)20(30)24-14(21(31)32)7-8-16(22)27/h11-15,17,23H,5-10H2,1-4H3,(H2,22,27)(H,24,30)(H,25,28)(H,26,29)(H,31,32). The first-order chi connectivity index (χ1) is 14.9. The number of rotatable bonds is 13. The minimum Gasteiger partial charge on any atom is -0.480 e. The van der Waals surface area contributed by atoms with Crippen LogP contribution in [0, 0.1) is 11.8 Å². The van der Waals surface area contributed by atoms with Crippen LogP contribution in [0.4, 0.5) is 0 Å². The molecule has 1 aliphatic heterocycles. The van der Waals surface area contributed by atoms with Crippen LogP contribution in [0.3, 0.4) is 0 Å². The maximum Gasteiger partial charge on any atom is 0.326 e. The zero-order valence-electron chi connectivity index (χ0n) is 19.3. The minimum absolute atomic E-state index is 0.110. The first-order valence-electron chi connectivity index (χ1n) is 11.1. The number of carbonyl (C=O) groups excluding carboxylic acids is 4. The number of hydrogen-bond acceptors (Lipinski definition) is 6. The lowest BCUT2D eigenvalue weighted by Crippen LogP contribution is -2.58. The molecular formula is C21H37N5O6. The third kappa shape index (κ3) is 9.21. The fourth-order valence-corrected chi connectivity index (χ4v) is 3.48. The number of carbonyl (C=O) groups is 5. The molecule has 11 nitrogen and oxygen atoms in total. The second-order valence-corrected chi connectivity index (χ2v) is 8.97. The summed E-state index contributed by atoms with van der Waals surface area (Å²) in [7, 11) is 0. The molecule has 0 radical (unpaired) electrons. The zero-order chi connectivity index (χ0) is 24.4. The number of amides is 4. The van der Waals surface area contributed by atoms with Crippen LogP contribution in [-0.2, 0) is 24.0 Å². The van der Waals surface area contributed by atoms with Gasteiger partial charge in [-0.15, -0.1) is 0 Å². The first kappa shape index (κ1) is 27.3. The van der Waals surface area contributed by atoms with Crippen molar-refractivity contribution < 1.29 is 29.1 Å². The maximum absolute atomic E-state index is 13.0. The average Bonchev–Trinajstić information content (AvgIpc) is 3.22. The molecule has 32 heavy (non-hydrogen) atoms. The summed E-state index contributed by atoms with van der Waals surface area (Å²) in [5, 5.41) is 20.2. The van der Waals surface area contributed by atoms with Gasteiger partial charge < -0.3 is 32.1 Å². The van der Waals surface area contributed by atoms with Crippen molar-refractivity contribution in [1.82, 2.24) is 21.3 Å².